The van der Waals surface area contributed by atoms with E-state index >= 15 is 0 Å². The summed E-state index contributed by atoms with van der Waals surface area (Å²) in [5.74, 6) is -1.24. The number of ether oxygens (including phenoxy) is 1. The summed E-state index contributed by atoms with van der Waals surface area (Å²) in [7, 11) is 0. The minimum atomic E-state index is -0.789. The minimum Gasteiger partial charge on any atom is -0.453 e. The molecule has 0 radical (unpaired) electrons. The Kier molecular flexibility index (Phi) is 3.68. The average Bonchev–Trinajstić information content (AvgIpc) is 2.49. The summed E-state index contributed by atoms with van der Waals surface area (Å²) in [6.45, 7) is 1.61. The van der Waals surface area contributed by atoms with Crippen LogP contribution in [0.1, 0.15) is 18.7 Å². The van der Waals surface area contributed by atoms with Gasteiger partial charge in [-0.25, -0.2) is 8.78 Å². The minimum absolute atomic E-state index is 0.0869. The van der Waals surface area contributed by atoms with Crippen LogP contribution >= 0.6 is 0 Å². The number of pyridine rings is 2. The Bertz CT molecular complexity index is 837. The van der Waals surface area contributed by atoms with E-state index in [-0.39, 0.29) is 5.75 Å². The molecule has 0 aliphatic rings. The Hall–Kier alpha value is -2.60. The van der Waals surface area contributed by atoms with Crippen LogP contribution in [0.15, 0.2) is 42.7 Å². The van der Waals surface area contributed by atoms with Crippen LogP contribution in [-0.2, 0) is 0 Å². The van der Waals surface area contributed by atoms with Crippen molar-refractivity contribution in [3.8, 4) is 11.5 Å². The molecule has 0 bridgehead atoms. The number of aliphatic hydroxyl groups is 1. The zero-order chi connectivity index (χ0) is 15.7. The van der Waals surface area contributed by atoms with Crippen LogP contribution in [0.4, 0.5) is 8.78 Å². The maximum Gasteiger partial charge on any atom is 0.168 e. The first-order valence-electron chi connectivity index (χ1n) is 6.59. The number of rotatable bonds is 3. The maximum absolute atomic E-state index is 13.6. The van der Waals surface area contributed by atoms with Crippen molar-refractivity contribution in [2.45, 2.75) is 13.0 Å². The zero-order valence-corrected chi connectivity index (χ0v) is 11.6. The van der Waals surface area contributed by atoms with Gasteiger partial charge in [0.2, 0.25) is 0 Å². The van der Waals surface area contributed by atoms with Crippen LogP contribution in [0.5, 0.6) is 11.5 Å². The maximum atomic E-state index is 13.6. The van der Waals surface area contributed by atoms with Gasteiger partial charge in [0.15, 0.2) is 11.6 Å². The van der Waals surface area contributed by atoms with E-state index in [1.165, 1.54) is 12.3 Å². The van der Waals surface area contributed by atoms with Crippen molar-refractivity contribution in [1.29, 1.82) is 0 Å². The highest BCUT2D eigenvalue weighted by molar-refractivity contribution is 5.79. The van der Waals surface area contributed by atoms with E-state index in [9.17, 15) is 13.9 Å². The molecule has 22 heavy (non-hydrogen) atoms. The standard InChI is InChI=1S/C16H12F2N2O2/c1-9(21)14-6-15-10(7-19-14)4-12(8-20-15)22-16-3-2-11(17)5-13(16)18/h2-9,21H,1H3. The lowest BCUT2D eigenvalue weighted by Gasteiger charge is -2.08. The number of fused-ring (bicyclic) bond motifs is 1. The molecule has 3 rings (SSSR count). The molecule has 4 nitrogen and oxygen atoms in total. The molecule has 1 aromatic carbocycles. The number of benzene rings is 1. The average molecular weight is 302 g/mol. The topological polar surface area (TPSA) is 55.2 Å². The summed E-state index contributed by atoms with van der Waals surface area (Å²) < 4.78 is 31.8. The predicted octanol–water partition coefficient (Wildman–Crippen LogP) is 3.75. The van der Waals surface area contributed by atoms with Gasteiger partial charge in [0.05, 0.1) is 23.5 Å². The van der Waals surface area contributed by atoms with E-state index in [1.54, 1.807) is 25.3 Å². The van der Waals surface area contributed by atoms with Gasteiger partial charge in [-0.2, -0.15) is 0 Å². The van der Waals surface area contributed by atoms with E-state index in [4.69, 9.17) is 4.74 Å². The molecule has 1 atom stereocenters. The van der Waals surface area contributed by atoms with E-state index in [1.807, 2.05) is 0 Å². The molecule has 2 heterocycles. The smallest absolute Gasteiger partial charge is 0.168 e. The number of nitrogens with zero attached hydrogens (tertiary/aromatic N) is 2. The molecule has 1 unspecified atom stereocenters. The fourth-order valence-corrected chi connectivity index (χ4v) is 1.99. The molecule has 0 saturated carbocycles. The SMILES string of the molecule is CC(O)c1cc2ncc(Oc3ccc(F)cc3F)cc2cn1. The van der Waals surface area contributed by atoms with Gasteiger partial charge in [0.1, 0.15) is 11.6 Å². The van der Waals surface area contributed by atoms with Gasteiger partial charge in [-0.05, 0) is 31.2 Å². The van der Waals surface area contributed by atoms with Crippen molar-refractivity contribution < 1.29 is 18.6 Å². The van der Waals surface area contributed by atoms with Gasteiger partial charge in [-0.1, -0.05) is 0 Å². The monoisotopic (exact) mass is 302 g/mol. The molecule has 0 spiro atoms. The van der Waals surface area contributed by atoms with Gasteiger partial charge < -0.3 is 9.84 Å². The van der Waals surface area contributed by atoms with Crippen LogP contribution in [0.2, 0.25) is 0 Å². The number of hydrogen-bond donors (Lipinski definition) is 1. The lowest BCUT2D eigenvalue weighted by molar-refractivity contribution is 0.194. The molecule has 0 amide bonds. The van der Waals surface area contributed by atoms with Gasteiger partial charge in [0.25, 0.3) is 0 Å². The summed E-state index contributed by atoms with van der Waals surface area (Å²) in [5, 5.41) is 10.2. The number of halogens is 2. The summed E-state index contributed by atoms with van der Waals surface area (Å²) in [6.07, 6.45) is 2.30. The van der Waals surface area contributed by atoms with Gasteiger partial charge >= 0.3 is 0 Å². The second kappa shape index (κ2) is 5.65. The Morgan fingerprint density at radius 1 is 1.09 bits per heavy atom. The highest BCUT2D eigenvalue weighted by Crippen LogP contribution is 2.27. The lowest BCUT2D eigenvalue weighted by atomic mass is 10.2. The Morgan fingerprint density at radius 2 is 1.91 bits per heavy atom. The Morgan fingerprint density at radius 3 is 2.64 bits per heavy atom. The third-order valence-electron chi connectivity index (χ3n) is 3.11. The van der Waals surface area contributed by atoms with Gasteiger partial charge in [0, 0.05) is 17.6 Å². The molecule has 1 N–H and O–H groups in total. The Labute approximate surface area is 125 Å². The van der Waals surface area contributed by atoms with Crippen molar-refractivity contribution in [3.05, 3.63) is 60.1 Å². The highest BCUT2D eigenvalue weighted by atomic mass is 19.1. The summed E-state index contributed by atoms with van der Waals surface area (Å²) >= 11 is 0. The van der Waals surface area contributed by atoms with E-state index in [0.717, 1.165) is 12.1 Å². The van der Waals surface area contributed by atoms with Crippen LogP contribution < -0.4 is 4.74 Å². The van der Waals surface area contributed by atoms with E-state index in [0.29, 0.717) is 22.3 Å². The van der Waals surface area contributed by atoms with Gasteiger partial charge in [-0.3, -0.25) is 9.97 Å². The molecule has 0 saturated heterocycles. The van der Waals surface area contributed by atoms with E-state index in [2.05, 4.69) is 9.97 Å². The summed E-state index contributed by atoms with van der Waals surface area (Å²) in [5.41, 5.74) is 1.15. The van der Waals surface area contributed by atoms with Crippen molar-refractivity contribution in [2.75, 3.05) is 0 Å². The van der Waals surface area contributed by atoms with Crippen LogP contribution in [0, 0.1) is 11.6 Å². The van der Waals surface area contributed by atoms with Crippen LogP contribution in [0.3, 0.4) is 0 Å². The molecule has 0 aliphatic heterocycles. The first-order valence-corrected chi connectivity index (χ1v) is 6.59. The number of aromatic nitrogens is 2. The summed E-state index contributed by atoms with van der Waals surface area (Å²) in [4.78, 5) is 8.31. The van der Waals surface area contributed by atoms with Crippen LogP contribution in [0.25, 0.3) is 10.9 Å². The largest absolute Gasteiger partial charge is 0.453 e. The van der Waals surface area contributed by atoms with Gasteiger partial charge in [-0.15, -0.1) is 0 Å². The quantitative estimate of drug-likeness (QED) is 0.800. The zero-order valence-electron chi connectivity index (χ0n) is 11.6. The first-order chi connectivity index (χ1) is 10.5. The van der Waals surface area contributed by atoms with Crippen molar-refractivity contribution in [1.82, 2.24) is 9.97 Å². The molecule has 6 heteroatoms. The molecular formula is C16H12F2N2O2. The van der Waals surface area contributed by atoms with Crippen LogP contribution in [-0.4, -0.2) is 15.1 Å². The molecule has 0 aliphatic carbocycles. The number of aliphatic hydroxyl groups excluding tert-OH is 1. The van der Waals surface area contributed by atoms with Crippen molar-refractivity contribution in [2.24, 2.45) is 0 Å². The predicted molar refractivity (Wildman–Crippen MR) is 76.6 cm³/mol. The lowest BCUT2D eigenvalue weighted by Crippen LogP contribution is -1.96. The fourth-order valence-electron chi connectivity index (χ4n) is 1.99. The van der Waals surface area contributed by atoms with E-state index < -0.39 is 17.7 Å². The Balaban J connectivity index is 1.93. The second-order valence-corrected chi connectivity index (χ2v) is 4.83. The normalized spacial score (nSPS) is 12.4. The third-order valence-corrected chi connectivity index (χ3v) is 3.11. The third kappa shape index (κ3) is 2.87. The molecule has 112 valence electrons. The van der Waals surface area contributed by atoms with Crippen molar-refractivity contribution in [3.63, 3.8) is 0 Å². The highest BCUT2D eigenvalue weighted by Gasteiger charge is 2.09. The second-order valence-electron chi connectivity index (χ2n) is 4.83. The van der Waals surface area contributed by atoms with Crippen molar-refractivity contribution >= 4 is 10.9 Å². The molecule has 0 fully saturated rings. The fraction of sp³-hybridized carbons (Fsp3) is 0.125. The summed E-state index contributed by atoms with van der Waals surface area (Å²) in [6, 6.07) is 6.39. The molecule has 2 aromatic heterocycles. The molecule has 3 aromatic rings. The number of hydrogen-bond acceptors (Lipinski definition) is 4. The molecular weight excluding hydrogens is 290 g/mol. The first kappa shape index (κ1) is 14.3.